The van der Waals surface area contributed by atoms with Crippen LogP contribution in [0.15, 0.2) is 41.2 Å². The standard InChI is InChI=1S/C20H24N4OS/c1-2-18-22-24-19(25)13-17(21-20(24)26-18)14-23-10-8-16(9-11-23)12-15-6-4-3-5-7-15/h3-7,13,16H,2,8-12,14H2,1H3. The predicted molar refractivity (Wildman–Crippen MR) is 105 cm³/mol. The van der Waals surface area contributed by atoms with Gasteiger partial charge in [-0.3, -0.25) is 9.69 Å². The smallest absolute Gasteiger partial charge is 0.275 e. The van der Waals surface area contributed by atoms with Crippen molar-refractivity contribution >= 4 is 16.3 Å². The molecule has 0 aliphatic carbocycles. The molecular formula is C20H24N4OS. The number of likely N-dealkylation sites (tertiary alicyclic amines) is 1. The molecule has 4 rings (SSSR count). The minimum atomic E-state index is -0.0695. The van der Waals surface area contributed by atoms with Crippen LogP contribution in [0, 0.1) is 5.92 Å². The Morgan fingerprint density at radius 3 is 2.69 bits per heavy atom. The number of piperidine rings is 1. The number of fused-ring (bicyclic) bond motifs is 1. The van der Waals surface area contributed by atoms with Gasteiger partial charge in [0.05, 0.1) is 5.69 Å². The Balaban J connectivity index is 1.38. The van der Waals surface area contributed by atoms with Crippen LogP contribution in [0.1, 0.15) is 36.0 Å². The summed E-state index contributed by atoms with van der Waals surface area (Å²) in [6.07, 6.45) is 4.41. The van der Waals surface area contributed by atoms with Gasteiger partial charge in [0.15, 0.2) is 0 Å². The van der Waals surface area contributed by atoms with Crippen molar-refractivity contribution in [1.29, 1.82) is 0 Å². The summed E-state index contributed by atoms with van der Waals surface area (Å²) in [6.45, 7) is 4.94. The van der Waals surface area contributed by atoms with E-state index >= 15 is 0 Å². The van der Waals surface area contributed by atoms with Gasteiger partial charge >= 0.3 is 0 Å². The van der Waals surface area contributed by atoms with E-state index in [9.17, 15) is 4.79 Å². The fraction of sp³-hybridized carbons (Fsp3) is 0.450. The van der Waals surface area contributed by atoms with Crippen LogP contribution >= 0.6 is 11.3 Å². The van der Waals surface area contributed by atoms with Crippen molar-refractivity contribution in [3.8, 4) is 0 Å². The van der Waals surface area contributed by atoms with Crippen LogP contribution in [0.25, 0.3) is 4.96 Å². The molecule has 0 saturated carbocycles. The summed E-state index contributed by atoms with van der Waals surface area (Å²) in [6, 6.07) is 12.4. The Bertz CT molecular complexity index is 926. The minimum Gasteiger partial charge on any atom is -0.297 e. The highest BCUT2D eigenvalue weighted by molar-refractivity contribution is 7.16. The van der Waals surface area contributed by atoms with Crippen molar-refractivity contribution < 1.29 is 0 Å². The van der Waals surface area contributed by atoms with Gasteiger partial charge in [-0.15, -0.1) is 0 Å². The van der Waals surface area contributed by atoms with E-state index in [-0.39, 0.29) is 5.56 Å². The molecule has 2 aromatic heterocycles. The summed E-state index contributed by atoms with van der Waals surface area (Å²) < 4.78 is 1.43. The normalized spacial score (nSPS) is 16.3. The van der Waals surface area contributed by atoms with Gasteiger partial charge in [0, 0.05) is 12.6 Å². The molecule has 26 heavy (non-hydrogen) atoms. The Kier molecular flexibility index (Phi) is 5.13. The molecule has 1 saturated heterocycles. The third kappa shape index (κ3) is 3.86. The monoisotopic (exact) mass is 368 g/mol. The first-order valence-electron chi connectivity index (χ1n) is 9.36. The molecule has 136 valence electrons. The van der Waals surface area contributed by atoms with Gasteiger partial charge in [-0.25, -0.2) is 4.98 Å². The summed E-state index contributed by atoms with van der Waals surface area (Å²) in [7, 11) is 0. The SMILES string of the molecule is CCc1nn2c(=O)cc(CN3CCC(Cc4ccccc4)CC3)nc2s1. The Morgan fingerprint density at radius 1 is 1.19 bits per heavy atom. The molecule has 3 aromatic rings. The molecule has 3 heterocycles. The average Bonchev–Trinajstić information content (AvgIpc) is 3.08. The number of nitrogens with zero attached hydrogens (tertiary/aromatic N) is 4. The van der Waals surface area contributed by atoms with E-state index in [1.165, 1.54) is 40.7 Å². The predicted octanol–water partition coefficient (Wildman–Crippen LogP) is 3.17. The molecule has 6 heteroatoms. The van der Waals surface area contributed by atoms with Gasteiger partial charge in [-0.05, 0) is 50.3 Å². The van der Waals surface area contributed by atoms with Crippen molar-refractivity contribution in [3.05, 3.63) is 63.0 Å². The zero-order chi connectivity index (χ0) is 17.9. The van der Waals surface area contributed by atoms with E-state index in [0.29, 0.717) is 4.96 Å². The molecule has 1 aromatic carbocycles. The van der Waals surface area contributed by atoms with Crippen LogP contribution in [0.3, 0.4) is 0 Å². The summed E-state index contributed by atoms with van der Waals surface area (Å²) in [5.74, 6) is 0.753. The van der Waals surface area contributed by atoms with Crippen molar-refractivity contribution in [2.24, 2.45) is 5.92 Å². The lowest BCUT2D eigenvalue weighted by atomic mass is 9.90. The van der Waals surface area contributed by atoms with E-state index in [4.69, 9.17) is 0 Å². The zero-order valence-electron chi connectivity index (χ0n) is 15.1. The molecule has 0 spiro atoms. The maximum absolute atomic E-state index is 12.3. The van der Waals surface area contributed by atoms with E-state index in [1.54, 1.807) is 6.07 Å². The molecule has 0 bridgehead atoms. The molecule has 0 unspecified atom stereocenters. The van der Waals surface area contributed by atoms with Gasteiger partial charge < -0.3 is 0 Å². The lowest BCUT2D eigenvalue weighted by Gasteiger charge is -2.31. The van der Waals surface area contributed by atoms with Gasteiger partial charge in [0.25, 0.3) is 5.56 Å². The highest BCUT2D eigenvalue weighted by atomic mass is 32.1. The number of benzene rings is 1. The molecule has 5 nitrogen and oxygen atoms in total. The van der Waals surface area contributed by atoms with Crippen LogP contribution in [-0.2, 0) is 19.4 Å². The summed E-state index contributed by atoms with van der Waals surface area (Å²) >= 11 is 1.51. The first-order chi connectivity index (χ1) is 12.7. The third-order valence-electron chi connectivity index (χ3n) is 5.10. The second kappa shape index (κ2) is 7.68. The molecule has 1 aliphatic heterocycles. The summed E-state index contributed by atoms with van der Waals surface area (Å²) in [5.41, 5.74) is 2.23. The van der Waals surface area contributed by atoms with Gasteiger partial charge in [-0.2, -0.15) is 9.61 Å². The van der Waals surface area contributed by atoms with Crippen molar-refractivity contribution in [2.75, 3.05) is 13.1 Å². The van der Waals surface area contributed by atoms with Crippen molar-refractivity contribution in [1.82, 2.24) is 19.5 Å². The third-order valence-corrected chi connectivity index (χ3v) is 6.16. The van der Waals surface area contributed by atoms with Crippen LogP contribution in [0.5, 0.6) is 0 Å². The lowest BCUT2D eigenvalue weighted by Crippen LogP contribution is -2.34. The second-order valence-electron chi connectivity index (χ2n) is 7.04. The van der Waals surface area contributed by atoms with Gasteiger partial charge in [0.1, 0.15) is 5.01 Å². The highest BCUT2D eigenvalue weighted by Gasteiger charge is 2.20. The Labute approximate surface area is 157 Å². The van der Waals surface area contributed by atoms with E-state index in [2.05, 4.69) is 45.3 Å². The van der Waals surface area contributed by atoms with Crippen molar-refractivity contribution in [3.63, 3.8) is 0 Å². The lowest BCUT2D eigenvalue weighted by molar-refractivity contribution is 0.175. The second-order valence-corrected chi connectivity index (χ2v) is 8.08. The number of aryl methyl sites for hydroxylation is 1. The summed E-state index contributed by atoms with van der Waals surface area (Å²) in [4.78, 5) is 20.1. The van der Waals surface area contributed by atoms with E-state index in [1.807, 2.05) is 6.92 Å². The van der Waals surface area contributed by atoms with Crippen LogP contribution in [0.4, 0.5) is 0 Å². The molecule has 0 amide bonds. The Morgan fingerprint density at radius 2 is 1.96 bits per heavy atom. The topological polar surface area (TPSA) is 50.5 Å². The summed E-state index contributed by atoms with van der Waals surface area (Å²) in [5, 5.41) is 5.27. The zero-order valence-corrected chi connectivity index (χ0v) is 15.9. The fourth-order valence-corrected chi connectivity index (χ4v) is 4.50. The number of aromatic nitrogens is 3. The van der Waals surface area contributed by atoms with Crippen molar-refractivity contribution in [2.45, 2.75) is 39.2 Å². The average molecular weight is 369 g/mol. The van der Waals surface area contributed by atoms with E-state index < -0.39 is 0 Å². The van der Waals surface area contributed by atoms with Gasteiger partial charge in [0.2, 0.25) is 4.96 Å². The Hall–Kier alpha value is -2.05. The first-order valence-corrected chi connectivity index (χ1v) is 10.2. The largest absolute Gasteiger partial charge is 0.297 e. The molecule has 0 atom stereocenters. The minimum absolute atomic E-state index is 0.0695. The maximum Gasteiger partial charge on any atom is 0.275 e. The van der Waals surface area contributed by atoms with Crippen LogP contribution < -0.4 is 5.56 Å². The number of hydrogen-bond donors (Lipinski definition) is 0. The fourth-order valence-electron chi connectivity index (χ4n) is 3.64. The number of hydrogen-bond acceptors (Lipinski definition) is 5. The molecular weight excluding hydrogens is 344 g/mol. The van der Waals surface area contributed by atoms with Gasteiger partial charge in [-0.1, -0.05) is 48.6 Å². The quantitative estimate of drug-likeness (QED) is 0.694. The van der Waals surface area contributed by atoms with Crippen LogP contribution in [0.2, 0.25) is 0 Å². The maximum atomic E-state index is 12.3. The molecule has 1 aliphatic rings. The van der Waals surface area contributed by atoms with Crippen LogP contribution in [-0.4, -0.2) is 32.6 Å². The first kappa shape index (κ1) is 17.4. The molecule has 1 fully saturated rings. The highest BCUT2D eigenvalue weighted by Crippen LogP contribution is 2.22. The van der Waals surface area contributed by atoms with E-state index in [0.717, 1.165) is 42.7 Å². The number of rotatable bonds is 5. The molecule has 0 radical (unpaired) electrons. The molecule has 0 N–H and O–H groups in total.